The maximum Gasteiger partial charge on any atom is 0.264 e. The molecule has 0 aliphatic heterocycles. The van der Waals surface area contributed by atoms with Gasteiger partial charge in [0.15, 0.2) is 0 Å². The molecule has 10 heteroatoms. The van der Waals surface area contributed by atoms with Crippen LogP contribution in [0.25, 0.3) is 0 Å². The van der Waals surface area contributed by atoms with Gasteiger partial charge in [0.05, 0.1) is 17.7 Å². The Morgan fingerprint density at radius 3 is 2.15 bits per heavy atom. The number of carbonyl (C=O) groups excluding carboxylic acids is 2. The first-order chi connectivity index (χ1) is 19.5. The molecule has 0 aromatic heterocycles. The summed E-state index contributed by atoms with van der Waals surface area (Å²) in [5.74, 6) is -0.303. The van der Waals surface area contributed by atoms with Crippen LogP contribution >= 0.6 is 11.6 Å². The highest BCUT2D eigenvalue weighted by atomic mass is 35.5. The van der Waals surface area contributed by atoms with Crippen molar-refractivity contribution in [1.29, 1.82) is 0 Å². The minimum Gasteiger partial charge on any atom is -0.497 e. The molecule has 0 unspecified atom stereocenters. The fourth-order valence-corrected chi connectivity index (χ4v) is 5.90. The second-order valence-corrected chi connectivity index (χ2v) is 12.1. The van der Waals surface area contributed by atoms with E-state index in [9.17, 15) is 18.0 Å². The Balaban J connectivity index is 2.07. The molecule has 0 spiro atoms. The number of aryl methyl sites for hydroxylation is 1. The van der Waals surface area contributed by atoms with Crippen LogP contribution in [0, 0.1) is 6.92 Å². The third-order valence-corrected chi connectivity index (χ3v) is 9.09. The molecule has 8 nitrogen and oxygen atoms in total. The Morgan fingerprint density at radius 2 is 1.59 bits per heavy atom. The highest BCUT2D eigenvalue weighted by molar-refractivity contribution is 7.92. The summed E-state index contributed by atoms with van der Waals surface area (Å²) >= 11 is 6.45. The van der Waals surface area contributed by atoms with Crippen molar-refractivity contribution in [3.8, 4) is 5.75 Å². The number of ether oxygens (including phenoxy) is 1. The quantitative estimate of drug-likeness (QED) is 0.277. The van der Waals surface area contributed by atoms with Crippen LogP contribution in [0.15, 0.2) is 77.7 Å². The van der Waals surface area contributed by atoms with Crippen LogP contribution in [-0.4, -0.2) is 50.9 Å². The monoisotopic (exact) mass is 599 g/mol. The van der Waals surface area contributed by atoms with Gasteiger partial charge in [-0.05, 0) is 74.7 Å². The molecule has 0 saturated heterocycles. The molecule has 0 saturated carbocycles. The van der Waals surface area contributed by atoms with Crippen LogP contribution in [0.3, 0.4) is 0 Å². The number of benzene rings is 3. The zero-order valence-electron chi connectivity index (χ0n) is 24.1. The van der Waals surface area contributed by atoms with E-state index in [1.54, 1.807) is 60.7 Å². The van der Waals surface area contributed by atoms with E-state index in [0.29, 0.717) is 22.8 Å². The number of methoxy groups -OCH3 is 1. The van der Waals surface area contributed by atoms with Crippen molar-refractivity contribution in [2.75, 3.05) is 18.0 Å². The summed E-state index contributed by atoms with van der Waals surface area (Å²) in [5, 5.41) is 3.41. The minimum absolute atomic E-state index is 0.0337. The highest BCUT2D eigenvalue weighted by Crippen LogP contribution is 2.27. The standard InChI is InChI=1S/C31H38ClN3O5S/c1-6-23(4)33-31(37)29(7-2)34(20-24-10-8-9-11-28(24)32)30(36)21-35(25-14-16-26(40-5)17-15-25)41(38,39)27-18-12-22(3)13-19-27/h8-19,23,29H,6-7,20-21H2,1-5H3,(H,33,37)/t23-,29+/m0/s1. The Labute approximate surface area is 248 Å². The van der Waals surface area contributed by atoms with Gasteiger partial charge < -0.3 is 15.0 Å². The predicted octanol–water partition coefficient (Wildman–Crippen LogP) is 5.57. The topological polar surface area (TPSA) is 96.0 Å². The zero-order valence-corrected chi connectivity index (χ0v) is 25.7. The maximum absolute atomic E-state index is 14.1. The van der Waals surface area contributed by atoms with Crippen LogP contribution < -0.4 is 14.4 Å². The Kier molecular flexibility index (Phi) is 11.2. The Hall–Kier alpha value is -3.56. The van der Waals surface area contributed by atoms with E-state index in [0.717, 1.165) is 16.3 Å². The van der Waals surface area contributed by atoms with Crippen molar-refractivity contribution in [2.24, 2.45) is 0 Å². The summed E-state index contributed by atoms with van der Waals surface area (Å²) in [5.41, 5.74) is 1.84. The third-order valence-electron chi connectivity index (χ3n) is 6.93. The van der Waals surface area contributed by atoms with Gasteiger partial charge >= 0.3 is 0 Å². The van der Waals surface area contributed by atoms with E-state index in [1.165, 1.54) is 24.1 Å². The lowest BCUT2D eigenvalue weighted by Crippen LogP contribution is -2.53. The molecule has 2 amide bonds. The fraction of sp³-hybridized carbons (Fsp3) is 0.355. The molecule has 3 rings (SSSR count). The van der Waals surface area contributed by atoms with Gasteiger partial charge in [0, 0.05) is 17.6 Å². The zero-order chi connectivity index (χ0) is 30.2. The van der Waals surface area contributed by atoms with Gasteiger partial charge in [-0.1, -0.05) is 61.3 Å². The molecule has 0 heterocycles. The van der Waals surface area contributed by atoms with E-state index in [2.05, 4.69) is 5.32 Å². The van der Waals surface area contributed by atoms with Gasteiger partial charge in [-0.25, -0.2) is 8.42 Å². The number of rotatable bonds is 13. The Morgan fingerprint density at radius 1 is 0.951 bits per heavy atom. The number of carbonyl (C=O) groups is 2. The number of amides is 2. The van der Waals surface area contributed by atoms with Crippen LogP contribution in [0.1, 0.15) is 44.7 Å². The molecule has 0 aliphatic rings. The molecule has 0 bridgehead atoms. The lowest BCUT2D eigenvalue weighted by atomic mass is 10.1. The molecular weight excluding hydrogens is 562 g/mol. The molecule has 2 atom stereocenters. The molecule has 3 aromatic rings. The summed E-state index contributed by atoms with van der Waals surface area (Å²) in [7, 11) is -2.64. The third kappa shape index (κ3) is 8.01. The van der Waals surface area contributed by atoms with Gasteiger partial charge in [-0.3, -0.25) is 13.9 Å². The van der Waals surface area contributed by atoms with Crippen molar-refractivity contribution in [2.45, 2.75) is 64.1 Å². The first-order valence-corrected chi connectivity index (χ1v) is 15.4. The number of sulfonamides is 1. The average Bonchev–Trinajstić information content (AvgIpc) is 2.96. The van der Waals surface area contributed by atoms with Crippen molar-refractivity contribution in [3.63, 3.8) is 0 Å². The van der Waals surface area contributed by atoms with Gasteiger partial charge in [0.1, 0.15) is 18.3 Å². The van der Waals surface area contributed by atoms with E-state index in [-0.39, 0.29) is 29.1 Å². The van der Waals surface area contributed by atoms with Gasteiger partial charge in [0.2, 0.25) is 11.8 Å². The molecule has 3 aromatic carbocycles. The molecule has 41 heavy (non-hydrogen) atoms. The molecule has 0 fully saturated rings. The summed E-state index contributed by atoms with van der Waals surface area (Å²) < 4.78 is 34.2. The fourth-order valence-electron chi connectivity index (χ4n) is 4.29. The van der Waals surface area contributed by atoms with Crippen LogP contribution in [-0.2, 0) is 26.2 Å². The summed E-state index contributed by atoms with van der Waals surface area (Å²) in [6.07, 6.45) is 1.05. The molecule has 0 aliphatic carbocycles. The van der Waals surface area contributed by atoms with E-state index >= 15 is 0 Å². The van der Waals surface area contributed by atoms with Gasteiger partial charge in [0.25, 0.3) is 10.0 Å². The van der Waals surface area contributed by atoms with E-state index in [4.69, 9.17) is 16.3 Å². The number of halogens is 1. The smallest absolute Gasteiger partial charge is 0.264 e. The number of nitrogens with one attached hydrogen (secondary N) is 1. The van der Waals surface area contributed by atoms with Crippen LogP contribution in [0.5, 0.6) is 5.75 Å². The number of hydrogen-bond acceptors (Lipinski definition) is 5. The summed E-state index contributed by atoms with van der Waals surface area (Å²) in [6, 6.07) is 19.0. The minimum atomic E-state index is -4.16. The highest BCUT2D eigenvalue weighted by Gasteiger charge is 2.34. The second kappa shape index (κ2) is 14.4. The SMILES string of the molecule is CC[C@H](C(=O)N[C@@H](C)CC)N(Cc1ccccc1Cl)C(=O)CN(c1ccc(OC)cc1)S(=O)(=O)c1ccc(C)cc1. The van der Waals surface area contributed by atoms with Crippen LogP contribution in [0.4, 0.5) is 5.69 Å². The van der Waals surface area contributed by atoms with Gasteiger partial charge in [-0.2, -0.15) is 0 Å². The van der Waals surface area contributed by atoms with Crippen molar-refractivity contribution < 1.29 is 22.7 Å². The average molecular weight is 600 g/mol. The summed E-state index contributed by atoms with van der Waals surface area (Å²) in [4.78, 5) is 29.0. The Bertz CT molecular complexity index is 1430. The maximum atomic E-state index is 14.1. The number of nitrogens with zero attached hydrogens (tertiary/aromatic N) is 2. The molecule has 220 valence electrons. The summed E-state index contributed by atoms with van der Waals surface area (Å²) in [6.45, 7) is 7.04. The number of hydrogen-bond donors (Lipinski definition) is 1. The normalized spacial score (nSPS) is 12.7. The lowest BCUT2D eigenvalue weighted by Gasteiger charge is -2.34. The molecule has 1 N–H and O–H groups in total. The predicted molar refractivity (Wildman–Crippen MR) is 163 cm³/mol. The molecule has 0 radical (unpaired) electrons. The van der Waals surface area contributed by atoms with Crippen molar-refractivity contribution in [1.82, 2.24) is 10.2 Å². The lowest BCUT2D eigenvalue weighted by molar-refractivity contribution is -0.140. The van der Waals surface area contributed by atoms with Gasteiger partial charge in [-0.15, -0.1) is 0 Å². The van der Waals surface area contributed by atoms with Crippen molar-refractivity contribution in [3.05, 3.63) is 88.9 Å². The first-order valence-electron chi connectivity index (χ1n) is 13.6. The van der Waals surface area contributed by atoms with Crippen LogP contribution in [0.2, 0.25) is 5.02 Å². The largest absolute Gasteiger partial charge is 0.497 e. The first kappa shape index (κ1) is 32.0. The van der Waals surface area contributed by atoms with E-state index < -0.39 is 28.5 Å². The number of anilines is 1. The second-order valence-electron chi connectivity index (χ2n) is 9.88. The van der Waals surface area contributed by atoms with E-state index in [1.807, 2.05) is 27.7 Å². The molecular formula is C31H38ClN3O5S. The van der Waals surface area contributed by atoms with Crippen molar-refractivity contribution >= 4 is 39.1 Å².